The summed E-state index contributed by atoms with van der Waals surface area (Å²) in [5.41, 5.74) is 0. The number of hydrogen-bond donors (Lipinski definition) is 2. The molecule has 0 amide bonds. The van der Waals surface area contributed by atoms with Crippen molar-refractivity contribution in [3.05, 3.63) is 0 Å². The molecule has 0 aromatic heterocycles. The fourth-order valence-corrected chi connectivity index (χ4v) is 0.200. The Labute approximate surface area is 49.7 Å². The van der Waals surface area contributed by atoms with E-state index in [0.717, 1.165) is 0 Å². The molecule has 0 heterocycles. The zero-order valence-corrected chi connectivity index (χ0v) is 5.63. The number of hydroxylamine groups is 3. The number of aliphatic hydroxyl groups is 1. The van der Waals surface area contributed by atoms with E-state index in [-0.39, 0.29) is 17.3 Å². The molecule has 50 valence electrons. The van der Waals surface area contributed by atoms with E-state index >= 15 is 0 Å². The molecular weight excluding hydrogens is 106 g/mol. The fraction of sp³-hybridized carbons (Fsp3) is 1.00. The van der Waals surface area contributed by atoms with Crippen LogP contribution >= 0.6 is 0 Å². The van der Waals surface area contributed by atoms with Crippen LogP contribution in [0.4, 0.5) is 0 Å². The molecule has 0 bridgehead atoms. The van der Waals surface area contributed by atoms with E-state index in [1.54, 1.807) is 21.0 Å². The molecule has 0 spiro atoms. The maximum atomic E-state index is 9.06. The summed E-state index contributed by atoms with van der Waals surface area (Å²) in [6, 6.07) is -0.102. The van der Waals surface area contributed by atoms with Crippen molar-refractivity contribution in [2.75, 3.05) is 20.7 Å². The smallest absolute Gasteiger partial charge is 0.139 e. The quantitative estimate of drug-likeness (QED) is 0.392. The van der Waals surface area contributed by atoms with Crippen molar-refractivity contribution < 1.29 is 15.0 Å². The summed E-state index contributed by atoms with van der Waals surface area (Å²) in [6.45, 7) is 1.80. The Morgan fingerprint density at radius 2 is 1.88 bits per heavy atom. The van der Waals surface area contributed by atoms with Crippen molar-refractivity contribution in [1.29, 1.82) is 0 Å². The van der Waals surface area contributed by atoms with Gasteiger partial charge in [-0.15, -0.1) is 0 Å². The van der Waals surface area contributed by atoms with Crippen LogP contribution in [0, 0.1) is 0 Å². The first-order valence-corrected chi connectivity index (χ1v) is 2.65. The van der Waals surface area contributed by atoms with Crippen molar-refractivity contribution in [3.63, 3.8) is 0 Å². The van der Waals surface area contributed by atoms with Crippen molar-refractivity contribution in [3.8, 4) is 0 Å². The van der Waals surface area contributed by atoms with Gasteiger partial charge in [0.1, 0.15) is 6.04 Å². The van der Waals surface area contributed by atoms with E-state index < -0.39 is 0 Å². The minimum Gasteiger partial charge on any atom is -0.390 e. The van der Waals surface area contributed by atoms with E-state index in [1.807, 2.05) is 0 Å². The molecule has 0 rings (SSSR count). The van der Waals surface area contributed by atoms with Gasteiger partial charge >= 0.3 is 0 Å². The summed E-state index contributed by atoms with van der Waals surface area (Å²) in [6.07, 6.45) is 0. The standard InChI is InChI=1S/C5H14NO2/c1-5(4-7)6(2,3)8/h5,7-8H,4H2,1-3H3/q+1. The minimum absolute atomic E-state index is 0.0174. The molecule has 0 aliphatic rings. The topological polar surface area (TPSA) is 40.5 Å². The van der Waals surface area contributed by atoms with Gasteiger partial charge in [0.2, 0.25) is 0 Å². The van der Waals surface area contributed by atoms with E-state index in [1.165, 1.54) is 0 Å². The monoisotopic (exact) mass is 120 g/mol. The lowest BCUT2D eigenvalue weighted by Crippen LogP contribution is -2.45. The Kier molecular flexibility index (Phi) is 2.40. The van der Waals surface area contributed by atoms with Crippen LogP contribution < -0.4 is 0 Å². The molecule has 0 aliphatic heterocycles. The summed E-state index contributed by atoms with van der Waals surface area (Å²) in [7, 11) is 3.25. The molecule has 0 radical (unpaired) electrons. The summed E-state index contributed by atoms with van der Waals surface area (Å²) >= 11 is 0. The van der Waals surface area contributed by atoms with Gasteiger partial charge in [-0.25, -0.2) is 5.21 Å². The van der Waals surface area contributed by atoms with Gasteiger partial charge in [0.15, 0.2) is 0 Å². The number of hydrogen-bond acceptors (Lipinski definition) is 2. The molecule has 0 aromatic carbocycles. The Hall–Kier alpha value is -0.120. The van der Waals surface area contributed by atoms with Crippen LogP contribution in [0.25, 0.3) is 0 Å². The first-order valence-electron chi connectivity index (χ1n) is 2.65. The van der Waals surface area contributed by atoms with Crippen LogP contribution in [0.2, 0.25) is 0 Å². The molecule has 1 unspecified atom stereocenters. The Morgan fingerprint density at radius 3 is 1.88 bits per heavy atom. The number of nitrogens with zero attached hydrogens (tertiary/aromatic N) is 1. The third kappa shape index (κ3) is 2.26. The molecule has 8 heavy (non-hydrogen) atoms. The van der Waals surface area contributed by atoms with Crippen LogP contribution in [0.3, 0.4) is 0 Å². The zero-order chi connectivity index (χ0) is 6.78. The highest BCUT2D eigenvalue weighted by Crippen LogP contribution is 1.98. The summed E-state index contributed by atoms with van der Waals surface area (Å²) in [4.78, 5) is 0. The lowest BCUT2D eigenvalue weighted by Gasteiger charge is -2.25. The number of aliphatic hydroxyl groups excluding tert-OH is 1. The highest BCUT2D eigenvalue weighted by atomic mass is 16.5. The maximum Gasteiger partial charge on any atom is 0.139 e. The second-order valence-electron chi connectivity index (χ2n) is 2.51. The van der Waals surface area contributed by atoms with Crippen molar-refractivity contribution in [2.45, 2.75) is 13.0 Å². The molecule has 0 saturated heterocycles. The fourth-order valence-electron chi connectivity index (χ4n) is 0.200. The zero-order valence-electron chi connectivity index (χ0n) is 5.63. The Morgan fingerprint density at radius 1 is 1.50 bits per heavy atom. The van der Waals surface area contributed by atoms with Crippen molar-refractivity contribution in [2.24, 2.45) is 0 Å². The minimum atomic E-state index is -0.170. The number of quaternary nitrogens is 1. The molecule has 0 fully saturated rings. The van der Waals surface area contributed by atoms with E-state index in [2.05, 4.69) is 0 Å². The highest BCUT2D eigenvalue weighted by molar-refractivity contribution is 4.39. The van der Waals surface area contributed by atoms with Crippen molar-refractivity contribution >= 4 is 0 Å². The van der Waals surface area contributed by atoms with Gasteiger partial charge in [-0.2, -0.15) is 4.65 Å². The van der Waals surface area contributed by atoms with Gasteiger partial charge in [0, 0.05) is 0 Å². The average Bonchev–Trinajstić information content (AvgIpc) is 1.62. The normalized spacial score (nSPS) is 16.1. The van der Waals surface area contributed by atoms with E-state index in [0.29, 0.717) is 0 Å². The Bertz CT molecular complexity index is 67.3. The molecule has 3 heteroatoms. The third-order valence-corrected chi connectivity index (χ3v) is 1.34. The van der Waals surface area contributed by atoms with Gasteiger partial charge < -0.3 is 5.11 Å². The first kappa shape index (κ1) is 7.88. The number of likely N-dealkylation sites (N-methyl/N-ethyl adjacent to an activating group) is 1. The lowest BCUT2D eigenvalue weighted by molar-refractivity contribution is -1.09. The molecule has 0 aliphatic carbocycles. The van der Waals surface area contributed by atoms with Gasteiger partial charge in [-0.1, -0.05) is 0 Å². The predicted molar refractivity (Wildman–Crippen MR) is 30.4 cm³/mol. The van der Waals surface area contributed by atoms with Crippen LogP contribution in [0.5, 0.6) is 0 Å². The summed E-state index contributed by atoms with van der Waals surface area (Å²) in [5.74, 6) is 0. The van der Waals surface area contributed by atoms with Crippen molar-refractivity contribution in [1.82, 2.24) is 0 Å². The SMILES string of the molecule is CC(CO)[N+](C)(C)O. The van der Waals surface area contributed by atoms with E-state index in [4.69, 9.17) is 10.3 Å². The van der Waals surface area contributed by atoms with Gasteiger partial charge in [0.25, 0.3) is 0 Å². The summed E-state index contributed by atoms with van der Waals surface area (Å²) in [5, 5.41) is 17.6. The Balaban J connectivity index is 3.62. The lowest BCUT2D eigenvalue weighted by atomic mass is 10.3. The molecule has 2 N–H and O–H groups in total. The average molecular weight is 120 g/mol. The highest BCUT2D eigenvalue weighted by Gasteiger charge is 2.19. The van der Waals surface area contributed by atoms with Gasteiger partial charge in [-0.05, 0) is 6.92 Å². The number of rotatable bonds is 2. The second-order valence-corrected chi connectivity index (χ2v) is 2.51. The first-order chi connectivity index (χ1) is 3.48. The maximum absolute atomic E-state index is 9.06. The largest absolute Gasteiger partial charge is 0.390 e. The molecule has 3 nitrogen and oxygen atoms in total. The second kappa shape index (κ2) is 2.44. The predicted octanol–water partition coefficient (Wildman–Crippen LogP) is -0.167. The molecule has 1 atom stereocenters. The van der Waals surface area contributed by atoms with Gasteiger partial charge in [-0.3, -0.25) is 0 Å². The van der Waals surface area contributed by atoms with Crippen LogP contribution in [-0.4, -0.2) is 41.7 Å². The molecule has 0 aromatic rings. The molecule has 0 saturated carbocycles. The molecular formula is C5H14NO2+. The van der Waals surface area contributed by atoms with E-state index in [9.17, 15) is 0 Å². The van der Waals surface area contributed by atoms with Gasteiger partial charge in [0.05, 0.1) is 20.7 Å². The van der Waals surface area contributed by atoms with Crippen LogP contribution in [-0.2, 0) is 0 Å². The summed E-state index contributed by atoms with van der Waals surface area (Å²) < 4.78 is -0.170. The van der Waals surface area contributed by atoms with Crippen LogP contribution in [0.15, 0.2) is 0 Å². The third-order valence-electron chi connectivity index (χ3n) is 1.34. The van der Waals surface area contributed by atoms with Crippen LogP contribution in [0.1, 0.15) is 6.92 Å².